The van der Waals surface area contributed by atoms with Gasteiger partial charge in [0, 0.05) is 10.7 Å². The van der Waals surface area contributed by atoms with Crippen molar-refractivity contribution in [3.63, 3.8) is 0 Å². The molecule has 2 heterocycles. The Kier molecular flexibility index (Phi) is 3.09. The second kappa shape index (κ2) is 4.27. The lowest BCUT2D eigenvalue weighted by Gasteiger charge is -2.36. The van der Waals surface area contributed by atoms with Crippen LogP contribution in [0.3, 0.4) is 0 Å². The van der Waals surface area contributed by atoms with Gasteiger partial charge in [0.05, 0.1) is 5.54 Å². The number of anilines is 1. The average Bonchev–Trinajstić information content (AvgIpc) is 2.28. The van der Waals surface area contributed by atoms with Gasteiger partial charge in [-0.3, -0.25) is 4.79 Å². The van der Waals surface area contributed by atoms with Crippen molar-refractivity contribution in [3.05, 3.63) is 16.7 Å². The molecule has 1 aromatic heterocycles. The topological polar surface area (TPSA) is 63.2 Å². The first-order valence-electron chi connectivity index (χ1n) is 5.26. The summed E-state index contributed by atoms with van der Waals surface area (Å²) in [5, 5.41) is 5.81. The van der Waals surface area contributed by atoms with Crippen LogP contribution >= 0.6 is 15.9 Å². The number of carbonyl (C=O) groups is 1. The van der Waals surface area contributed by atoms with Crippen LogP contribution in [-0.4, -0.2) is 29.6 Å². The van der Waals surface area contributed by atoms with Crippen LogP contribution in [0, 0.1) is 0 Å². The van der Waals surface area contributed by atoms with E-state index in [9.17, 15) is 4.79 Å². The summed E-state index contributed by atoms with van der Waals surface area (Å²) in [5.74, 6) is 0.848. The highest BCUT2D eigenvalue weighted by atomic mass is 79.9. The number of amides is 1. The minimum Gasteiger partial charge on any atom is -0.475 e. The molecule has 0 bridgehead atoms. The standard InChI is InChI=1S/C11H14BrN3O2/c1-11(2,13-3)8-10(16)15-9-7(17-8)4-6(12)5-14-9/h4-5,8,13H,1-3H3,(H,14,15,16). The van der Waals surface area contributed by atoms with E-state index in [1.165, 1.54) is 0 Å². The monoisotopic (exact) mass is 299 g/mol. The highest BCUT2D eigenvalue weighted by Gasteiger charge is 2.39. The molecule has 0 aromatic carbocycles. The summed E-state index contributed by atoms with van der Waals surface area (Å²) in [6, 6.07) is 1.79. The minimum absolute atomic E-state index is 0.188. The van der Waals surface area contributed by atoms with Crippen LogP contribution in [0.15, 0.2) is 16.7 Å². The third-order valence-electron chi connectivity index (χ3n) is 2.84. The van der Waals surface area contributed by atoms with E-state index in [2.05, 4.69) is 31.5 Å². The first-order chi connectivity index (χ1) is 7.94. The van der Waals surface area contributed by atoms with Gasteiger partial charge in [-0.1, -0.05) is 0 Å². The molecule has 0 saturated heterocycles. The lowest BCUT2D eigenvalue weighted by Crippen LogP contribution is -2.57. The number of hydrogen-bond donors (Lipinski definition) is 2. The van der Waals surface area contributed by atoms with E-state index < -0.39 is 11.6 Å². The number of rotatable bonds is 2. The predicted octanol–water partition coefficient (Wildman–Crippen LogP) is 1.54. The smallest absolute Gasteiger partial charge is 0.268 e. The van der Waals surface area contributed by atoms with Crippen molar-refractivity contribution >= 4 is 27.7 Å². The molecule has 17 heavy (non-hydrogen) atoms. The molecule has 2 N–H and O–H groups in total. The highest BCUT2D eigenvalue weighted by Crippen LogP contribution is 2.32. The summed E-state index contributed by atoms with van der Waals surface area (Å²) in [5.41, 5.74) is -0.454. The molecule has 1 aliphatic rings. The van der Waals surface area contributed by atoms with Gasteiger partial charge >= 0.3 is 0 Å². The number of carbonyl (C=O) groups excluding carboxylic acids is 1. The van der Waals surface area contributed by atoms with Gasteiger partial charge in [-0.05, 0) is 42.9 Å². The first kappa shape index (κ1) is 12.3. The Morgan fingerprint density at radius 3 is 2.94 bits per heavy atom. The van der Waals surface area contributed by atoms with E-state index >= 15 is 0 Å². The average molecular weight is 300 g/mol. The predicted molar refractivity (Wildman–Crippen MR) is 68.1 cm³/mol. The molecule has 5 nitrogen and oxygen atoms in total. The number of aromatic nitrogens is 1. The molecule has 1 atom stereocenters. The van der Waals surface area contributed by atoms with Gasteiger partial charge in [-0.25, -0.2) is 4.98 Å². The van der Waals surface area contributed by atoms with Crippen molar-refractivity contribution in [3.8, 4) is 5.75 Å². The van der Waals surface area contributed by atoms with Crippen LogP contribution in [0.4, 0.5) is 5.82 Å². The Balaban J connectivity index is 2.35. The number of nitrogens with one attached hydrogen (secondary N) is 2. The number of pyridine rings is 1. The number of hydrogen-bond acceptors (Lipinski definition) is 4. The largest absolute Gasteiger partial charge is 0.475 e. The van der Waals surface area contributed by atoms with Crippen LogP contribution < -0.4 is 15.4 Å². The fraction of sp³-hybridized carbons (Fsp3) is 0.455. The van der Waals surface area contributed by atoms with Crippen molar-refractivity contribution in [2.75, 3.05) is 12.4 Å². The zero-order valence-electron chi connectivity index (χ0n) is 9.87. The SMILES string of the molecule is CNC(C)(C)C1Oc2cc(Br)cnc2NC1=O. The van der Waals surface area contributed by atoms with Crippen molar-refractivity contribution in [1.29, 1.82) is 0 Å². The van der Waals surface area contributed by atoms with Crippen LogP contribution in [0.1, 0.15) is 13.8 Å². The summed E-state index contributed by atoms with van der Waals surface area (Å²) < 4.78 is 6.53. The number of fused-ring (bicyclic) bond motifs is 1. The van der Waals surface area contributed by atoms with E-state index in [1.807, 2.05) is 13.8 Å². The number of nitrogens with zero attached hydrogens (tertiary/aromatic N) is 1. The Morgan fingerprint density at radius 1 is 1.59 bits per heavy atom. The van der Waals surface area contributed by atoms with Crippen LogP contribution in [0.2, 0.25) is 0 Å². The minimum atomic E-state index is -0.587. The second-order valence-electron chi connectivity index (χ2n) is 4.46. The van der Waals surface area contributed by atoms with Crippen LogP contribution in [0.25, 0.3) is 0 Å². The quantitative estimate of drug-likeness (QED) is 0.869. The highest BCUT2D eigenvalue weighted by molar-refractivity contribution is 9.10. The molecular weight excluding hydrogens is 286 g/mol. The Hall–Kier alpha value is -1.14. The molecule has 92 valence electrons. The maximum Gasteiger partial charge on any atom is 0.268 e. The molecule has 0 aliphatic carbocycles. The third-order valence-corrected chi connectivity index (χ3v) is 3.28. The van der Waals surface area contributed by atoms with Gasteiger partial charge < -0.3 is 15.4 Å². The van der Waals surface area contributed by atoms with E-state index in [0.717, 1.165) is 4.47 Å². The van der Waals surface area contributed by atoms with E-state index in [1.54, 1.807) is 19.3 Å². The van der Waals surface area contributed by atoms with Crippen molar-refractivity contribution < 1.29 is 9.53 Å². The molecule has 0 radical (unpaired) electrons. The Bertz CT molecular complexity index is 462. The van der Waals surface area contributed by atoms with E-state index in [4.69, 9.17) is 4.74 Å². The maximum atomic E-state index is 11.9. The summed E-state index contributed by atoms with van der Waals surface area (Å²) in [6.07, 6.45) is 1.03. The molecule has 1 aromatic rings. The molecule has 1 amide bonds. The van der Waals surface area contributed by atoms with Gasteiger partial charge in [-0.15, -0.1) is 0 Å². The normalized spacial score (nSPS) is 19.3. The molecule has 6 heteroatoms. The lowest BCUT2D eigenvalue weighted by molar-refractivity contribution is -0.126. The van der Waals surface area contributed by atoms with Gasteiger partial charge in [0.15, 0.2) is 17.7 Å². The summed E-state index contributed by atoms with van der Waals surface area (Å²) in [6.45, 7) is 3.82. The molecule has 0 spiro atoms. The van der Waals surface area contributed by atoms with Crippen molar-refractivity contribution in [2.24, 2.45) is 0 Å². The molecular formula is C11H14BrN3O2. The third kappa shape index (κ3) is 2.28. The van der Waals surface area contributed by atoms with Gasteiger partial charge in [0.2, 0.25) is 0 Å². The maximum absolute atomic E-state index is 11.9. The summed E-state index contributed by atoms with van der Waals surface area (Å²) in [7, 11) is 1.80. The number of likely N-dealkylation sites (N-methyl/N-ethyl adjacent to an activating group) is 1. The second-order valence-corrected chi connectivity index (χ2v) is 5.37. The summed E-state index contributed by atoms with van der Waals surface area (Å²) >= 11 is 3.32. The molecule has 1 unspecified atom stereocenters. The zero-order valence-corrected chi connectivity index (χ0v) is 11.5. The fourth-order valence-corrected chi connectivity index (χ4v) is 1.88. The zero-order chi connectivity index (χ0) is 12.6. The first-order valence-corrected chi connectivity index (χ1v) is 6.05. The van der Waals surface area contributed by atoms with Gasteiger partial charge in [0.25, 0.3) is 5.91 Å². The lowest BCUT2D eigenvalue weighted by atomic mass is 9.96. The molecule has 1 aliphatic heterocycles. The molecule has 2 rings (SSSR count). The molecule has 0 fully saturated rings. The Morgan fingerprint density at radius 2 is 2.29 bits per heavy atom. The van der Waals surface area contributed by atoms with Crippen molar-refractivity contribution in [2.45, 2.75) is 25.5 Å². The molecule has 0 saturated carbocycles. The van der Waals surface area contributed by atoms with E-state index in [0.29, 0.717) is 11.6 Å². The van der Waals surface area contributed by atoms with Gasteiger partial charge in [-0.2, -0.15) is 0 Å². The van der Waals surface area contributed by atoms with Crippen LogP contribution in [-0.2, 0) is 4.79 Å². The van der Waals surface area contributed by atoms with Crippen LogP contribution in [0.5, 0.6) is 5.75 Å². The Labute approximate surface area is 108 Å². The van der Waals surface area contributed by atoms with Crippen molar-refractivity contribution in [1.82, 2.24) is 10.3 Å². The number of halogens is 1. The summed E-state index contributed by atoms with van der Waals surface area (Å²) in [4.78, 5) is 16.0. The van der Waals surface area contributed by atoms with Gasteiger partial charge in [0.1, 0.15) is 0 Å². The van der Waals surface area contributed by atoms with E-state index in [-0.39, 0.29) is 5.91 Å². The number of ether oxygens (including phenoxy) is 1. The fourth-order valence-electron chi connectivity index (χ4n) is 1.57.